The third kappa shape index (κ3) is 6.75. The summed E-state index contributed by atoms with van der Waals surface area (Å²) in [5, 5.41) is 10.6. The predicted molar refractivity (Wildman–Crippen MR) is 301 cm³/mol. The molecule has 13 rings (SSSR count). The number of nitrogens with zero attached hydrogens (tertiary/aromatic N) is 1. The van der Waals surface area contributed by atoms with E-state index in [2.05, 4.69) is 255 Å². The van der Waals surface area contributed by atoms with Gasteiger partial charge in [-0.05, 0) is 178 Å². The molecule has 0 heterocycles. The van der Waals surface area contributed by atoms with Crippen LogP contribution in [0.15, 0.2) is 236 Å². The van der Waals surface area contributed by atoms with Crippen molar-refractivity contribution in [2.75, 3.05) is 4.90 Å². The third-order valence-corrected chi connectivity index (χ3v) is 15.8. The van der Waals surface area contributed by atoms with E-state index in [-0.39, 0.29) is 5.41 Å². The first-order valence-electron chi connectivity index (χ1n) is 25.2. The van der Waals surface area contributed by atoms with Crippen molar-refractivity contribution in [2.45, 2.75) is 44.9 Å². The van der Waals surface area contributed by atoms with Crippen LogP contribution in [-0.2, 0) is 5.41 Å². The van der Waals surface area contributed by atoms with E-state index in [0.717, 1.165) is 37.1 Å². The van der Waals surface area contributed by atoms with Crippen LogP contribution in [0.5, 0.6) is 0 Å². The minimum atomic E-state index is -0.0694. The minimum absolute atomic E-state index is 0.0694. The molecule has 0 atom stereocenters. The SMILES string of the molecule is CCC1(CC)c2cc(/C=C/C3=CC=C(c4cc(-c5ccccc5)ccc4-c4ccc5c6cccc7cccc(c8cccc4c85)c76)CC3)ccc2-c2ccc(N(c3ccccc3)c3ccccc3)cc21. The molecule has 2 aliphatic carbocycles. The van der Waals surface area contributed by atoms with Crippen molar-refractivity contribution in [1.82, 2.24) is 0 Å². The molecule has 11 aromatic rings. The van der Waals surface area contributed by atoms with E-state index in [0.29, 0.717) is 0 Å². The molecule has 0 saturated carbocycles. The van der Waals surface area contributed by atoms with Crippen molar-refractivity contribution in [3.63, 3.8) is 0 Å². The summed E-state index contributed by atoms with van der Waals surface area (Å²) in [7, 11) is 0. The molecule has 11 aromatic carbocycles. The molecule has 0 radical (unpaired) electrons. The van der Waals surface area contributed by atoms with Crippen LogP contribution in [0.4, 0.5) is 17.1 Å². The second-order valence-electron chi connectivity index (χ2n) is 19.3. The van der Waals surface area contributed by atoms with Gasteiger partial charge in [0.1, 0.15) is 0 Å². The van der Waals surface area contributed by atoms with Crippen molar-refractivity contribution in [3.8, 4) is 33.4 Å². The van der Waals surface area contributed by atoms with Gasteiger partial charge in [-0.1, -0.05) is 208 Å². The second-order valence-corrected chi connectivity index (χ2v) is 19.3. The lowest BCUT2D eigenvalue weighted by Crippen LogP contribution is -2.23. The summed E-state index contributed by atoms with van der Waals surface area (Å²) in [6.45, 7) is 4.74. The Bertz CT molecular complexity index is 3800. The van der Waals surface area contributed by atoms with Gasteiger partial charge in [0, 0.05) is 22.5 Å². The van der Waals surface area contributed by atoms with E-state index in [1.54, 1.807) is 0 Å². The van der Waals surface area contributed by atoms with Gasteiger partial charge in [0.15, 0.2) is 0 Å². The van der Waals surface area contributed by atoms with Gasteiger partial charge in [0.2, 0.25) is 0 Å². The third-order valence-electron chi connectivity index (χ3n) is 15.8. The van der Waals surface area contributed by atoms with Crippen LogP contribution in [0.3, 0.4) is 0 Å². The van der Waals surface area contributed by atoms with E-state index >= 15 is 0 Å². The second kappa shape index (κ2) is 17.1. The van der Waals surface area contributed by atoms with Crippen LogP contribution >= 0.6 is 0 Å². The quantitative estimate of drug-likeness (QED) is 0.0977. The summed E-state index contributed by atoms with van der Waals surface area (Å²) in [5.74, 6) is 0. The summed E-state index contributed by atoms with van der Waals surface area (Å²) in [5.41, 5.74) is 19.4. The summed E-state index contributed by atoms with van der Waals surface area (Å²) >= 11 is 0. The molecule has 1 nitrogen and oxygen atoms in total. The molecule has 0 bridgehead atoms. The van der Waals surface area contributed by atoms with E-state index in [4.69, 9.17) is 0 Å². The average Bonchev–Trinajstić information content (AvgIpc) is 3.71. The van der Waals surface area contributed by atoms with Crippen molar-refractivity contribution in [2.24, 2.45) is 0 Å². The highest BCUT2D eigenvalue weighted by molar-refractivity contribution is 6.34. The number of rotatable bonds is 10. The van der Waals surface area contributed by atoms with Crippen LogP contribution in [0.1, 0.15) is 61.8 Å². The maximum absolute atomic E-state index is 2.48. The van der Waals surface area contributed by atoms with Crippen LogP contribution < -0.4 is 4.90 Å². The zero-order chi connectivity index (χ0) is 46.8. The molecule has 0 spiro atoms. The van der Waals surface area contributed by atoms with Gasteiger partial charge in [0.25, 0.3) is 0 Å². The topological polar surface area (TPSA) is 3.24 Å². The van der Waals surface area contributed by atoms with Gasteiger partial charge in [-0.25, -0.2) is 0 Å². The Kier molecular flexibility index (Phi) is 10.2. The Hall–Kier alpha value is -8.26. The molecular weight excluding hydrogens is 843 g/mol. The Morgan fingerprint density at radius 2 is 0.986 bits per heavy atom. The molecule has 70 heavy (non-hydrogen) atoms. The van der Waals surface area contributed by atoms with Crippen LogP contribution in [0, 0.1) is 0 Å². The fraction of sp³-hybridized carbons (Fsp3) is 0.101. The molecule has 0 saturated heterocycles. The first kappa shape index (κ1) is 41.9. The Morgan fingerprint density at radius 3 is 1.66 bits per heavy atom. The molecule has 0 amide bonds. The Labute approximate surface area is 411 Å². The lowest BCUT2D eigenvalue weighted by atomic mass is 9.73. The highest BCUT2D eigenvalue weighted by atomic mass is 15.1. The molecular formula is C69H53N. The lowest BCUT2D eigenvalue weighted by molar-refractivity contribution is 0.490. The number of hydrogen-bond donors (Lipinski definition) is 0. The summed E-state index contributed by atoms with van der Waals surface area (Å²) in [4.78, 5) is 2.39. The first-order valence-corrected chi connectivity index (χ1v) is 25.2. The standard InChI is InChI=1S/C69H53N/c1-3-69(4-2)65-43-47(33-38-57(65)58-40-37-54(45-66(58)69)70(52-21-10-6-11-22-52)53-23-12-7-13-24-53)30-29-46-31-34-49(35-32-46)64-44-51(48-17-8-5-9-18-48)36-39-56(64)55-41-42-63-61-26-15-20-50-19-14-25-60(67(50)61)62-28-16-27-59(55)68(62)63/h5-31,33-34,36-45H,3-4,32,35H2,1-2H3/b30-29+. The van der Waals surface area contributed by atoms with Crippen LogP contribution in [0.2, 0.25) is 0 Å². The number of benzene rings is 11. The number of allylic oxidation sites excluding steroid dienone is 5. The van der Waals surface area contributed by atoms with Crippen LogP contribution in [-0.4, -0.2) is 0 Å². The first-order chi connectivity index (χ1) is 34.6. The summed E-state index contributed by atoms with van der Waals surface area (Å²) in [6, 6.07) is 79.0. The van der Waals surface area contributed by atoms with Gasteiger partial charge < -0.3 is 4.90 Å². The lowest BCUT2D eigenvalue weighted by Gasteiger charge is -2.32. The van der Waals surface area contributed by atoms with Crippen molar-refractivity contribution < 1.29 is 0 Å². The molecule has 0 fully saturated rings. The van der Waals surface area contributed by atoms with E-state index in [1.807, 2.05) is 0 Å². The van der Waals surface area contributed by atoms with E-state index < -0.39 is 0 Å². The highest BCUT2D eigenvalue weighted by Gasteiger charge is 2.41. The highest BCUT2D eigenvalue weighted by Crippen LogP contribution is 2.55. The van der Waals surface area contributed by atoms with E-state index in [1.165, 1.54) is 116 Å². The van der Waals surface area contributed by atoms with Crippen molar-refractivity contribution in [3.05, 3.63) is 258 Å². The van der Waals surface area contributed by atoms with Gasteiger partial charge in [-0.2, -0.15) is 0 Å². The molecule has 0 unspecified atom stereocenters. The maximum Gasteiger partial charge on any atom is 0.0465 e. The van der Waals surface area contributed by atoms with Crippen molar-refractivity contribution in [1.29, 1.82) is 0 Å². The Balaban J connectivity index is 0.855. The predicted octanol–water partition coefficient (Wildman–Crippen LogP) is 19.4. The zero-order valence-corrected chi connectivity index (χ0v) is 39.8. The maximum atomic E-state index is 2.48. The normalized spacial score (nSPS) is 14.1. The molecule has 0 N–H and O–H groups in total. The number of para-hydroxylation sites is 2. The molecule has 334 valence electrons. The minimum Gasteiger partial charge on any atom is -0.310 e. The molecule has 0 aromatic heterocycles. The smallest absolute Gasteiger partial charge is 0.0465 e. The van der Waals surface area contributed by atoms with E-state index in [9.17, 15) is 0 Å². The van der Waals surface area contributed by atoms with Gasteiger partial charge in [0.05, 0.1) is 0 Å². The van der Waals surface area contributed by atoms with Crippen LogP contribution in [0.25, 0.3) is 88.1 Å². The summed E-state index contributed by atoms with van der Waals surface area (Å²) in [6.07, 6.45) is 13.5. The Morgan fingerprint density at radius 1 is 0.400 bits per heavy atom. The van der Waals surface area contributed by atoms with Gasteiger partial charge in [-0.3, -0.25) is 0 Å². The number of anilines is 3. The van der Waals surface area contributed by atoms with Gasteiger partial charge in [-0.15, -0.1) is 0 Å². The fourth-order valence-corrected chi connectivity index (χ4v) is 12.3. The van der Waals surface area contributed by atoms with Gasteiger partial charge >= 0.3 is 0 Å². The number of hydrogen-bond acceptors (Lipinski definition) is 1. The number of fused-ring (bicyclic) bond motifs is 5. The largest absolute Gasteiger partial charge is 0.310 e. The fourth-order valence-electron chi connectivity index (χ4n) is 12.3. The van der Waals surface area contributed by atoms with Crippen molar-refractivity contribution >= 4 is 71.8 Å². The zero-order valence-electron chi connectivity index (χ0n) is 39.8. The summed E-state index contributed by atoms with van der Waals surface area (Å²) < 4.78 is 0. The molecule has 2 aliphatic rings. The molecule has 0 aliphatic heterocycles. The molecule has 1 heteroatoms. The monoisotopic (exact) mass is 895 g/mol. The average molecular weight is 896 g/mol.